The van der Waals surface area contributed by atoms with Gasteiger partial charge in [0.05, 0.1) is 11.4 Å². The lowest BCUT2D eigenvalue weighted by Gasteiger charge is -2.36. The molecular weight excluding hydrogens is 295 g/mol. The second-order valence-electron chi connectivity index (χ2n) is 6.03. The zero-order valence-electron chi connectivity index (χ0n) is 13.3. The van der Waals surface area contributed by atoms with Crippen LogP contribution in [0.2, 0.25) is 0 Å². The second-order valence-corrected chi connectivity index (χ2v) is 6.03. The van der Waals surface area contributed by atoms with Crippen molar-refractivity contribution < 1.29 is 9.18 Å². The number of carbonyl (C=O) groups excluding carboxylic acids is 1. The predicted octanol–water partition coefficient (Wildman–Crippen LogP) is 3.19. The zero-order chi connectivity index (χ0) is 16.4. The van der Waals surface area contributed by atoms with Crippen molar-refractivity contribution in [1.29, 1.82) is 0 Å². The van der Waals surface area contributed by atoms with E-state index in [2.05, 4.69) is 15.7 Å². The SMILES string of the molecule is CCc1nn(C)cc1NC(=O)NC1CC(c2ccc(F)cc2)C1. The molecule has 1 fully saturated rings. The molecule has 1 aliphatic carbocycles. The topological polar surface area (TPSA) is 59.0 Å². The Balaban J connectivity index is 1.49. The molecule has 1 aromatic heterocycles. The maximum atomic E-state index is 12.9. The van der Waals surface area contributed by atoms with E-state index in [1.165, 1.54) is 12.1 Å². The normalized spacial score (nSPS) is 20.0. The smallest absolute Gasteiger partial charge is 0.319 e. The van der Waals surface area contributed by atoms with Gasteiger partial charge in [0.2, 0.25) is 0 Å². The third-order valence-corrected chi connectivity index (χ3v) is 4.30. The first kappa shape index (κ1) is 15.5. The van der Waals surface area contributed by atoms with Crippen LogP contribution in [0, 0.1) is 5.82 Å². The molecule has 23 heavy (non-hydrogen) atoms. The van der Waals surface area contributed by atoms with Crippen molar-refractivity contribution in [3.63, 3.8) is 0 Å². The molecule has 2 aromatic rings. The van der Waals surface area contributed by atoms with Crippen molar-refractivity contribution >= 4 is 11.7 Å². The largest absolute Gasteiger partial charge is 0.335 e. The number of rotatable bonds is 4. The summed E-state index contributed by atoms with van der Waals surface area (Å²) in [4.78, 5) is 12.1. The summed E-state index contributed by atoms with van der Waals surface area (Å²) < 4.78 is 14.6. The lowest BCUT2D eigenvalue weighted by Crippen LogP contribution is -2.45. The van der Waals surface area contributed by atoms with Gasteiger partial charge in [0.25, 0.3) is 0 Å². The molecule has 0 bridgehead atoms. The van der Waals surface area contributed by atoms with Crippen LogP contribution in [0.4, 0.5) is 14.9 Å². The van der Waals surface area contributed by atoms with Crippen LogP contribution in [0.15, 0.2) is 30.5 Å². The van der Waals surface area contributed by atoms with E-state index >= 15 is 0 Å². The number of nitrogens with one attached hydrogen (secondary N) is 2. The van der Waals surface area contributed by atoms with Crippen LogP contribution in [0.5, 0.6) is 0 Å². The monoisotopic (exact) mass is 316 g/mol. The highest BCUT2D eigenvalue weighted by molar-refractivity contribution is 5.90. The minimum Gasteiger partial charge on any atom is -0.335 e. The van der Waals surface area contributed by atoms with Crippen LogP contribution in [0.3, 0.4) is 0 Å². The molecule has 0 unspecified atom stereocenters. The maximum absolute atomic E-state index is 12.9. The van der Waals surface area contributed by atoms with Crippen LogP contribution in [0.1, 0.15) is 36.9 Å². The number of carbonyl (C=O) groups is 1. The van der Waals surface area contributed by atoms with Crippen molar-refractivity contribution in [3.05, 3.63) is 47.5 Å². The number of urea groups is 1. The first-order valence-electron chi connectivity index (χ1n) is 7.90. The standard InChI is InChI=1S/C17H21FN4O/c1-3-15-16(10-22(2)21-15)20-17(23)19-14-8-12(9-14)11-4-6-13(18)7-5-11/h4-7,10,12,14H,3,8-9H2,1-2H3,(H2,19,20,23). The summed E-state index contributed by atoms with van der Waals surface area (Å²) in [6.07, 6.45) is 4.34. The van der Waals surface area contributed by atoms with Crippen molar-refractivity contribution in [2.75, 3.05) is 5.32 Å². The Morgan fingerprint density at radius 1 is 1.35 bits per heavy atom. The molecule has 1 aliphatic rings. The number of aromatic nitrogens is 2. The lowest BCUT2D eigenvalue weighted by molar-refractivity contribution is 0.233. The van der Waals surface area contributed by atoms with Gasteiger partial charge in [-0.25, -0.2) is 9.18 Å². The average molecular weight is 316 g/mol. The molecule has 1 saturated carbocycles. The Labute approximate surface area is 134 Å². The number of hydrogen-bond acceptors (Lipinski definition) is 2. The van der Waals surface area contributed by atoms with Gasteiger partial charge >= 0.3 is 6.03 Å². The van der Waals surface area contributed by atoms with Crippen LogP contribution < -0.4 is 10.6 Å². The van der Waals surface area contributed by atoms with Gasteiger partial charge in [0.15, 0.2) is 0 Å². The number of amides is 2. The van der Waals surface area contributed by atoms with Crippen molar-refractivity contribution in [3.8, 4) is 0 Å². The molecule has 0 radical (unpaired) electrons. The van der Waals surface area contributed by atoms with E-state index in [1.54, 1.807) is 10.9 Å². The maximum Gasteiger partial charge on any atom is 0.319 e. The van der Waals surface area contributed by atoms with Gasteiger partial charge in [-0.2, -0.15) is 5.10 Å². The Morgan fingerprint density at radius 2 is 2.04 bits per heavy atom. The van der Waals surface area contributed by atoms with Crippen molar-refractivity contribution in [2.45, 2.75) is 38.1 Å². The molecule has 1 aromatic carbocycles. The van der Waals surface area contributed by atoms with Crippen molar-refractivity contribution in [1.82, 2.24) is 15.1 Å². The Bertz CT molecular complexity index is 689. The van der Waals surface area contributed by atoms with Gasteiger partial charge in [-0.15, -0.1) is 0 Å². The number of hydrogen-bond donors (Lipinski definition) is 2. The minimum absolute atomic E-state index is 0.159. The molecule has 122 valence electrons. The minimum atomic E-state index is -0.217. The van der Waals surface area contributed by atoms with Crippen LogP contribution >= 0.6 is 0 Å². The molecule has 1 heterocycles. The average Bonchev–Trinajstić information content (AvgIpc) is 2.83. The number of halogens is 1. The van der Waals surface area contributed by atoms with Gasteiger partial charge in [-0.05, 0) is 42.9 Å². The van der Waals surface area contributed by atoms with Gasteiger partial charge < -0.3 is 10.6 Å². The van der Waals surface area contributed by atoms with Crippen LogP contribution in [0.25, 0.3) is 0 Å². The van der Waals surface area contributed by atoms with E-state index < -0.39 is 0 Å². The van der Waals surface area contributed by atoms with Crippen LogP contribution in [-0.4, -0.2) is 21.9 Å². The van der Waals surface area contributed by atoms with Gasteiger partial charge in [0.1, 0.15) is 5.82 Å². The quantitative estimate of drug-likeness (QED) is 0.910. The molecule has 2 amide bonds. The van der Waals surface area contributed by atoms with E-state index in [-0.39, 0.29) is 17.9 Å². The Kier molecular flexibility index (Phi) is 4.32. The fraction of sp³-hybridized carbons (Fsp3) is 0.412. The number of aryl methyl sites for hydroxylation is 2. The molecule has 3 rings (SSSR count). The Morgan fingerprint density at radius 3 is 2.70 bits per heavy atom. The molecule has 5 nitrogen and oxygen atoms in total. The first-order chi connectivity index (χ1) is 11.0. The van der Waals surface area contributed by atoms with E-state index in [0.29, 0.717) is 5.92 Å². The molecule has 6 heteroatoms. The summed E-state index contributed by atoms with van der Waals surface area (Å²) >= 11 is 0. The van der Waals surface area contributed by atoms with Crippen molar-refractivity contribution in [2.24, 2.45) is 7.05 Å². The van der Waals surface area contributed by atoms with Gasteiger partial charge in [-0.1, -0.05) is 19.1 Å². The molecular formula is C17H21FN4O. The highest BCUT2D eigenvalue weighted by Crippen LogP contribution is 2.36. The van der Waals surface area contributed by atoms with E-state index in [4.69, 9.17) is 0 Å². The summed E-state index contributed by atoms with van der Waals surface area (Å²) in [5.41, 5.74) is 2.76. The molecule has 2 N–H and O–H groups in total. The summed E-state index contributed by atoms with van der Waals surface area (Å²) in [6.45, 7) is 2.00. The van der Waals surface area contributed by atoms with Gasteiger partial charge in [0, 0.05) is 19.3 Å². The fourth-order valence-corrected chi connectivity index (χ4v) is 2.99. The molecule has 0 aliphatic heterocycles. The number of anilines is 1. The highest BCUT2D eigenvalue weighted by atomic mass is 19.1. The number of benzene rings is 1. The summed E-state index contributed by atoms with van der Waals surface area (Å²) in [5.74, 6) is 0.177. The predicted molar refractivity (Wildman–Crippen MR) is 86.9 cm³/mol. The molecule has 0 atom stereocenters. The number of nitrogens with zero attached hydrogens (tertiary/aromatic N) is 2. The summed E-state index contributed by atoms with van der Waals surface area (Å²) in [6, 6.07) is 6.57. The van der Waals surface area contributed by atoms with E-state index in [0.717, 1.165) is 36.2 Å². The van der Waals surface area contributed by atoms with E-state index in [1.807, 2.05) is 26.1 Å². The Hall–Kier alpha value is -2.37. The van der Waals surface area contributed by atoms with Crippen LogP contribution in [-0.2, 0) is 13.5 Å². The molecule has 0 saturated heterocycles. The lowest BCUT2D eigenvalue weighted by atomic mass is 9.76. The fourth-order valence-electron chi connectivity index (χ4n) is 2.99. The summed E-state index contributed by atoms with van der Waals surface area (Å²) in [5, 5.41) is 10.1. The second kappa shape index (κ2) is 6.40. The summed E-state index contributed by atoms with van der Waals surface area (Å²) in [7, 11) is 1.83. The van der Waals surface area contributed by atoms with Gasteiger partial charge in [-0.3, -0.25) is 4.68 Å². The third kappa shape index (κ3) is 3.52. The van der Waals surface area contributed by atoms with E-state index in [9.17, 15) is 9.18 Å². The first-order valence-corrected chi connectivity index (χ1v) is 7.90. The zero-order valence-corrected chi connectivity index (χ0v) is 13.3. The third-order valence-electron chi connectivity index (χ3n) is 4.30. The highest BCUT2D eigenvalue weighted by Gasteiger charge is 2.31. The molecule has 0 spiro atoms.